The molecule has 5 aliphatic rings. The van der Waals surface area contributed by atoms with E-state index in [0.717, 1.165) is 5.57 Å². The van der Waals surface area contributed by atoms with Crippen molar-refractivity contribution in [3.8, 4) is 0 Å². The summed E-state index contributed by atoms with van der Waals surface area (Å²) in [6, 6.07) is 0. The van der Waals surface area contributed by atoms with Crippen molar-refractivity contribution in [2.75, 3.05) is 13.2 Å². The minimum Gasteiger partial charge on any atom is -0.472 e. The monoisotopic (exact) mass is 606 g/mol. The first kappa shape index (κ1) is 31.5. The molecule has 2 saturated heterocycles. The molecule has 0 aromatic rings. The van der Waals surface area contributed by atoms with Crippen molar-refractivity contribution in [2.24, 2.45) is 22.7 Å². The summed E-state index contributed by atoms with van der Waals surface area (Å²) < 4.78 is 41.3. The molecule has 12 heteroatoms. The van der Waals surface area contributed by atoms with Gasteiger partial charge in [-0.25, -0.2) is 4.79 Å². The average molecular weight is 607 g/mol. The second-order valence-corrected chi connectivity index (χ2v) is 12.9. The van der Waals surface area contributed by atoms with Gasteiger partial charge >= 0.3 is 23.9 Å². The Bertz CT molecular complexity index is 1240. The van der Waals surface area contributed by atoms with E-state index in [9.17, 15) is 24.3 Å². The maximum atomic E-state index is 13.6. The summed E-state index contributed by atoms with van der Waals surface area (Å²) in [7, 11) is 0. The zero-order chi connectivity index (χ0) is 31.5. The van der Waals surface area contributed by atoms with Crippen molar-refractivity contribution in [3.63, 3.8) is 0 Å². The quantitative estimate of drug-likeness (QED) is 0.187. The van der Waals surface area contributed by atoms with E-state index in [2.05, 4.69) is 0 Å². The van der Waals surface area contributed by atoms with Crippen LogP contribution in [0.15, 0.2) is 24.0 Å². The summed E-state index contributed by atoms with van der Waals surface area (Å²) in [5.41, 5.74) is -4.19. The first-order valence-corrected chi connectivity index (χ1v) is 14.8. The molecule has 1 spiro atoms. The summed E-state index contributed by atoms with van der Waals surface area (Å²) in [6.07, 6.45) is 2.04. The van der Waals surface area contributed by atoms with Crippen molar-refractivity contribution in [1.29, 1.82) is 0 Å². The Morgan fingerprint density at radius 2 is 1.79 bits per heavy atom. The molecule has 2 aliphatic carbocycles. The second-order valence-electron chi connectivity index (χ2n) is 12.9. The molecule has 12 nitrogen and oxygen atoms in total. The SMILES string of the molecule is CC[C@@](C)(OC(C)=O)C(=O)O[C@H]1[C@H](O)C[C@H]2[C@@](C)([C@@H]3C[C@H]4C=CO[C@H]4O3)C(C)=C[C@H](OC(C)=O)[C@@]2(COC(C)=O)[C@@]12CO2. The molecule has 43 heavy (non-hydrogen) atoms. The molecule has 1 saturated carbocycles. The molecule has 1 N–H and O–H groups in total. The highest BCUT2D eigenvalue weighted by molar-refractivity contribution is 5.82. The highest BCUT2D eigenvalue weighted by atomic mass is 16.7. The lowest BCUT2D eigenvalue weighted by atomic mass is 9.44. The summed E-state index contributed by atoms with van der Waals surface area (Å²) in [6.45, 7) is 10.6. The van der Waals surface area contributed by atoms with Gasteiger partial charge in [0.25, 0.3) is 0 Å². The van der Waals surface area contributed by atoms with Gasteiger partial charge < -0.3 is 38.3 Å². The zero-order valence-electron chi connectivity index (χ0n) is 25.7. The highest BCUT2D eigenvalue weighted by Crippen LogP contribution is 2.69. The minimum absolute atomic E-state index is 0.0273. The Labute approximate surface area is 251 Å². The van der Waals surface area contributed by atoms with Crippen LogP contribution in [0.5, 0.6) is 0 Å². The molecule has 0 aromatic carbocycles. The molecule has 3 aliphatic heterocycles. The third kappa shape index (κ3) is 4.85. The largest absolute Gasteiger partial charge is 0.472 e. The van der Waals surface area contributed by atoms with E-state index in [1.54, 1.807) is 13.2 Å². The molecule has 11 atom stereocenters. The van der Waals surface area contributed by atoms with Crippen molar-refractivity contribution < 1.29 is 57.4 Å². The van der Waals surface area contributed by atoms with E-state index in [1.807, 2.05) is 26.0 Å². The van der Waals surface area contributed by atoms with E-state index in [4.69, 9.17) is 33.2 Å². The Morgan fingerprint density at radius 3 is 2.35 bits per heavy atom. The molecule has 3 fully saturated rings. The maximum Gasteiger partial charge on any atom is 0.350 e. The third-order valence-corrected chi connectivity index (χ3v) is 10.5. The van der Waals surface area contributed by atoms with Crippen LogP contribution in [0, 0.1) is 22.7 Å². The normalized spacial score (nSPS) is 42.0. The first-order chi connectivity index (χ1) is 20.1. The van der Waals surface area contributed by atoms with Gasteiger partial charge in [0.2, 0.25) is 11.9 Å². The number of carbonyl (C=O) groups is 4. The van der Waals surface area contributed by atoms with Gasteiger partial charge in [-0.1, -0.05) is 19.4 Å². The fourth-order valence-electron chi connectivity index (χ4n) is 7.91. The molecule has 0 unspecified atom stereocenters. The number of aliphatic hydroxyl groups is 1. The molecule has 5 rings (SSSR count). The second kappa shape index (κ2) is 10.9. The smallest absolute Gasteiger partial charge is 0.350 e. The van der Waals surface area contributed by atoms with Crippen molar-refractivity contribution in [2.45, 2.75) is 110 Å². The fraction of sp³-hybridized carbons (Fsp3) is 0.742. The number of hydrogen-bond acceptors (Lipinski definition) is 12. The Balaban J connectivity index is 1.63. The molecule has 238 valence electrons. The lowest BCUT2D eigenvalue weighted by Gasteiger charge is -2.62. The molecular formula is C31H42O12. The summed E-state index contributed by atoms with van der Waals surface area (Å²) in [5.74, 6) is -3.11. The number of epoxide rings is 1. The number of ether oxygens (including phenoxy) is 7. The third-order valence-electron chi connectivity index (χ3n) is 10.5. The van der Waals surface area contributed by atoms with Crippen LogP contribution in [0.3, 0.4) is 0 Å². The number of fused-ring (bicyclic) bond motifs is 3. The summed E-state index contributed by atoms with van der Waals surface area (Å²) >= 11 is 0. The zero-order valence-corrected chi connectivity index (χ0v) is 25.7. The number of rotatable bonds is 8. The van der Waals surface area contributed by atoms with Crippen LogP contribution < -0.4 is 0 Å². The van der Waals surface area contributed by atoms with E-state index < -0.39 is 76.4 Å². The molecule has 0 amide bonds. The molecule has 0 bridgehead atoms. The topological polar surface area (TPSA) is 156 Å². The van der Waals surface area contributed by atoms with Crippen molar-refractivity contribution >= 4 is 23.9 Å². The molecule has 0 aromatic heterocycles. The van der Waals surface area contributed by atoms with Gasteiger partial charge in [-0.2, -0.15) is 0 Å². The molecular weight excluding hydrogens is 564 g/mol. The van der Waals surface area contributed by atoms with Gasteiger partial charge in [0.15, 0.2) is 6.10 Å². The number of aliphatic hydroxyl groups excluding tert-OH is 1. The molecule has 0 radical (unpaired) electrons. The summed E-state index contributed by atoms with van der Waals surface area (Å²) in [5, 5.41) is 11.8. The average Bonchev–Trinajstić information content (AvgIpc) is 3.40. The van der Waals surface area contributed by atoms with E-state index in [-0.39, 0.29) is 38.1 Å². The van der Waals surface area contributed by atoms with Crippen LogP contribution in [0.2, 0.25) is 0 Å². The van der Waals surface area contributed by atoms with Crippen LogP contribution in [0.4, 0.5) is 0 Å². The Morgan fingerprint density at radius 1 is 1.09 bits per heavy atom. The van der Waals surface area contributed by atoms with Gasteiger partial charge in [-0.15, -0.1) is 0 Å². The van der Waals surface area contributed by atoms with Crippen LogP contribution in [-0.4, -0.2) is 84.1 Å². The van der Waals surface area contributed by atoms with Crippen LogP contribution in [0.1, 0.15) is 67.7 Å². The van der Waals surface area contributed by atoms with Gasteiger partial charge in [-0.05, 0) is 51.2 Å². The number of hydrogen-bond donors (Lipinski definition) is 1. The predicted molar refractivity (Wildman–Crippen MR) is 147 cm³/mol. The Kier molecular flexibility index (Phi) is 7.97. The lowest BCUT2D eigenvalue weighted by Crippen LogP contribution is -2.73. The summed E-state index contributed by atoms with van der Waals surface area (Å²) in [4.78, 5) is 50.2. The van der Waals surface area contributed by atoms with E-state index in [1.165, 1.54) is 27.7 Å². The van der Waals surface area contributed by atoms with Crippen LogP contribution in [-0.2, 0) is 52.3 Å². The van der Waals surface area contributed by atoms with E-state index >= 15 is 0 Å². The van der Waals surface area contributed by atoms with Crippen molar-refractivity contribution in [3.05, 3.63) is 24.0 Å². The number of esters is 4. The maximum absolute atomic E-state index is 13.6. The first-order valence-electron chi connectivity index (χ1n) is 14.8. The van der Waals surface area contributed by atoms with Crippen molar-refractivity contribution in [1.82, 2.24) is 0 Å². The highest BCUT2D eigenvalue weighted by Gasteiger charge is 2.81. The Hall–Kier alpha value is -2.96. The van der Waals surface area contributed by atoms with E-state index in [0.29, 0.717) is 6.42 Å². The van der Waals surface area contributed by atoms with Gasteiger partial charge in [0.1, 0.15) is 18.3 Å². The minimum atomic E-state index is -1.61. The van der Waals surface area contributed by atoms with Gasteiger partial charge in [0.05, 0.1) is 30.5 Å². The van der Waals surface area contributed by atoms with Crippen LogP contribution in [0.25, 0.3) is 0 Å². The van der Waals surface area contributed by atoms with Gasteiger partial charge in [-0.3, -0.25) is 14.4 Å². The lowest BCUT2D eigenvalue weighted by molar-refractivity contribution is -0.251. The van der Waals surface area contributed by atoms with Crippen LogP contribution >= 0.6 is 0 Å². The predicted octanol–water partition coefficient (Wildman–Crippen LogP) is 2.50. The van der Waals surface area contributed by atoms with Gasteiger partial charge in [0, 0.05) is 32.1 Å². The fourth-order valence-corrected chi connectivity index (χ4v) is 7.91. The standard InChI is InChI=1S/C31H42O12/c1-8-28(6,43-19(5)34)27(36)42-25-21(35)13-22-29(7,23-12-20-9-10-37-26(20)41-23)16(2)11-24(40-18(4)33)30(22,14-38-17(3)32)31(25)15-39-31/h9-11,20-26,35H,8,12-15H2,1-7H3/t20-,21-,22+,23+,24+,25+,26+,28-,29+,30+,31-/m1/s1. The molecule has 3 heterocycles. The number of carbonyl (C=O) groups excluding carboxylic acids is 4.